The predicted octanol–water partition coefficient (Wildman–Crippen LogP) is 1.97. The van der Waals surface area contributed by atoms with E-state index in [1.165, 1.54) is 44.9 Å². The number of nitrogens with zero attached hydrogens (tertiary/aromatic N) is 7. The number of fused-ring (bicyclic) bond motifs is 1. The number of nitrogens with two attached hydrogens (primary N) is 1. The third-order valence-electron chi connectivity index (χ3n) is 5.61. The third kappa shape index (κ3) is 5.06. The van der Waals surface area contributed by atoms with Gasteiger partial charge in [0.05, 0.1) is 29.5 Å². The Kier molecular flexibility index (Phi) is 6.80. The van der Waals surface area contributed by atoms with Crippen LogP contribution in [0.5, 0.6) is 5.75 Å². The van der Waals surface area contributed by atoms with Crippen molar-refractivity contribution < 1.29 is 26.7 Å². The van der Waals surface area contributed by atoms with E-state index in [1.807, 2.05) is 0 Å². The maximum atomic E-state index is 13.3. The summed E-state index contributed by atoms with van der Waals surface area (Å²) in [5, 5.41) is 15.0. The fourth-order valence-electron chi connectivity index (χ4n) is 3.89. The van der Waals surface area contributed by atoms with Gasteiger partial charge in [-0.1, -0.05) is 0 Å². The van der Waals surface area contributed by atoms with Crippen molar-refractivity contribution in [3.63, 3.8) is 0 Å². The average Bonchev–Trinajstić information content (AvgIpc) is 3.63. The Morgan fingerprint density at radius 1 is 1.18 bits per heavy atom. The molecule has 4 aromatic heterocycles. The lowest BCUT2D eigenvalue weighted by Gasteiger charge is -2.13. The average molecular weight is 558 g/mol. The van der Waals surface area contributed by atoms with E-state index in [2.05, 4.69) is 30.3 Å². The van der Waals surface area contributed by atoms with Crippen molar-refractivity contribution in [3.05, 3.63) is 67.0 Å². The molecule has 0 aliphatic carbocycles. The molecule has 0 spiro atoms. The molecule has 13 nitrogen and oxygen atoms in total. The van der Waals surface area contributed by atoms with Crippen LogP contribution in [-0.4, -0.2) is 61.6 Å². The van der Waals surface area contributed by atoms with Gasteiger partial charge in [-0.2, -0.15) is 24.1 Å². The van der Waals surface area contributed by atoms with Gasteiger partial charge in [0, 0.05) is 43.9 Å². The summed E-state index contributed by atoms with van der Waals surface area (Å²) in [6.45, 7) is -2.64. The van der Waals surface area contributed by atoms with Crippen molar-refractivity contribution in [3.8, 4) is 17.0 Å². The van der Waals surface area contributed by atoms with Crippen LogP contribution >= 0.6 is 0 Å². The van der Waals surface area contributed by atoms with Gasteiger partial charge in [0.15, 0.2) is 5.65 Å². The van der Waals surface area contributed by atoms with Crippen molar-refractivity contribution in [1.29, 1.82) is 0 Å². The summed E-state index contributed by atoms with van der Waals surface area (Å²) in [6.07, 6.45) is 8.39. The molecule has 5 aromatic rings. The highest BCUT2D eigenvalue weighted by Crippen LogP contribution is 2.38. The van der Waals surface area contributed by atoms with Gasteiger partial charge in [-0.25, -0.2) is 17.9 Å². The quantitative estimate of drug-likeness (QED) is 0.276. The van der Waals surface area contributed by atoms with Crippen LogP contribution in [-0.2, 0) is 23.4 Å². The number of benzene rings is 1. The van der Waals surface area contributed by atoms with E-state index < -0.39 is 22.4 Å². The number of nitrogens with one attached hydrogen (secondary N) is 1. The number of aromatic nitrogens is 7. The van der Waals surface area contributed by atoms with Crippen molar-refractivity contribution in [1.82, 2.24) is 34.2 Å². The molecule has 0 unspecified atom stereocenters. The van der Waals surface area contributed by atoms with Crippen molar-refractivity contribution >= 4 is 27.1 Å². The first-order chi connectivity index (χ1) is 18.7. The molecule has 5 rings (SSSR count). The lowest BCUT2D eigenvalue weighted by atomic mass is 10.1. The Balaban J connectivity index is 1.57. The van der Waals surface area contributed by atoms with Gasteiger partial charge in [-0.15, -0.1) is 0 Å². The summed E-state index contributed by atoms with van der Waals surface area (Å²) in [6, 6.07) is 5.05. The van der Waals surface area contributed by atoms with Crippen LogP contribution in [0.2, 0.25) is 0 Å². The Morgan fingerprint density at radius 3 is 2.77 bits per heavy atom. The maximum Gasteiger partial charge on any atom is 0.387 e. The Hall–Kier alpha value is -4.70. The number of ether oxygens (including phenoxy) is 1. The predicted molar refractivity (Wildman–Crippen MR) is 133 cm³/mol. The molecule has 39 heavy (non-hydrogen) atoms. The Morgan fingerprint density at radius 2 is 2.00 bits per heavy atom. The molecule has 0 bridgehead atoms. The number of alkyl halides is 2. The highest BCUT2D eigenvalue weighted by atomic mass is 32.2. The Bertz CT molecular complexity index is 1780. The van der Waals surface area contributed by atoms with E-state index in [-0.39, 0.29) is 44.6 Å². The fraction of sp³-hybridized carbons (Fsp3) is 0.174. The first kappa shape index (κ1) is 25.9. The lowest BCUT2D eigenvalue weighted by molar-refractivity contribution is -0.0494. The molecule has 0 radical (unpaired) electrons. The molecule has 0 saturated heterocycles. The second-order valence-electron chi connectivity index (χ2n) is 8.23. The first-order valence-corrected chi connectivity index (χ1v) is 12.9. The molecule has 202 valence electrons. The summed E-state index contributed by atoms with van der Waals surface area (Å²) >= 11 is 0. The van der Waals surface area contributed by atoms with Gasteiger partial charge < -0.3 is 15.8 Å². The lowest BCUT2D eigenvalue weighted by Crippen LogP contribution is -2.12. The number of anilines is 1. The van der Waals surface area contributed by atoms with E-state index in [9.17, 15) is 22.0 Å². The van der Waals surface area contributed by atoms with Crippen molar-refractivity contribution in [2.24, 2.45) is 12.8 Å². The molecule has 0 atom stereocenters. The molecule has 0 aliphatic heterocycles. The summed E-state index contributed by atoms with van der Waals surface area (Å²) in [5.74, 6) is -0.931. The molecular formula is C23H21F2N9O4S. The van der Waals surface area contributed by atoms with Gasteiger partial charge in [-0.3, -0.25) is 14.2 Å². The number of aryl methyl sites for hydroxylation is 1. The molecule has 1 amide bonds. The molecule has 3 N–H and O–H groups in total. The summed E-state index contributed by atoms with van der Waals surface area (Å²) in [4.78, 5) is 16.9. The van der Waals surface area contributed by atoms with Crippen LogP contribution < -0.4 is 15.8 Å². The normalized spacial score (nSPS) is 11.8. The van der Waals surface area contributed by atoms with E-state index in [0.717, 1.165) is 18.2 Å². The van der Waals surface area contributed by atoms with Crippen LogP contribution in [0.25, 0.3) is 16.9 Å². The standard InChI is InChI=1S/C23H21F2N9O4S/c1-32-13-18(30-22(35)17-11-29-34-7-2-6-27-21(17)34)20(31-32)16-9-14(3-4-19(16)38-23(24)25)39(36,37)15-10-28-33(12-15)8-5-26/h2-4,6-7,9-13,23H,5,8,26H2,1H3,(H,30,35). The molecule has 0 fully saturated rings. The van der Waals surface area contributed by atoms with Gasteiger partial charge in [0.1, 0.15) is 21.9 Å². The minimum absolute atomic E-state index is 0.00168. The van der Waals surface area contributed by atoms with Gasteiger partial charge >= 0.3 is 6.61 Å². The molecule has 0 aliphatic rings. The second kappa shape index (κ2) is 10.2. The molecule has 1 aromatic carbocycles. The summed E-state index contributed by atoms with van der Waals surface area (Å²) in [7, 11) is -2.56. The maximum absolute atomic E-state index is 13.3. The van der Waals surface area contributed by atoms with Gasteiger partial charge in [0.2, 0.25) is 9.84 Å². The van der Waals surface area contributed by atoms with Crippen molar-refractivity contribution in [2.45, 2.75) is 22.9 Å². The Labute approximate surface area is 219 Å². The minimum atomic E-state index is -4.11. The highest BCUT2D eigenvalue weighted by molar-refractivity contribution is 7.91. The monoisotopic (exact) mass is 557 g/mol. The largest absolute Gasteiger partial charge is 0.434 e. The van der Waals surface area contributed by atoms with E-state index in [0.29, 0.717) is 12.2 Å². The summed E-state index contributed by atoms with van der Waals surface area (Å²) in [5.41, 5.74) is 5.99. The van der Waals surface area contributed by atoms with Crippen LogP contribution in [0.15, 0.2) is 71.2 Å². The number of halogens is 2. The molecular weight excluding hydrogens is 536 g/mol. The minimum Gasteiger partial charge on any atom is -0.434 e. The SMILES string of the molecule is Cn1cc(NC(=O)c2cnn3cccnc23)c(-c2cc(S(=O)(=O)c3cnn(CCN)c3)ccc2OC(F)F)n1. The van der Waals surface area contributed by atoms with E-state index in [4.69, 9.17) is 5.73 Å². The zero-order chi connectivity index (χ0) is 27.7. The van der Waals surface area contributed by atoms with Gasteiger partial charge in [-0.05, 0) is 24.3 Å². The summed E-state index contributed by atoms with van der Waals surface area (Å²) < 4.78 is 62.0. The number of rotatable bonds is 9. The fourth-order valence-corrected chi connectivity index (χ4v) is 5.13. The van der Waals surface area contributed by atoms with E-state index >= 15 is 0 Å². The number of hydrogen-bond acceptors (Lipinski definition) is 9. The number of carbonyl (C=O) groups excluding carboxylic acids is 1. The first-order valence-electron chi connectivity index (χ1n) is 11.4. The number of hydrogen-bond donors (Lipinski definition) is 2. The number of amides is 1. The zero-order valence-electron chi connectivity index (χ0n) is 20.3. The second-order valence-corrected chi connectivity index (χ2v) is 10.2. The smallest absolute Gasteiger partial charge is 0.387 e. The van der Waals surface area contributed by atoms with Crippen LogP contribution in [0.1, 0.15) is 10.4 Å². The molecule has 4 heterocycles. The molecule has 0 saturated carbocycles. The molecule has 16 heteroatoms. The zero-order valence-corrected chi connectivity index (χ0v) is 21.1. The van der Waals surface area contributed by atoms with Crippen molar-refractivity contribution in [2.75, 3.05) is 11.9 Å². The van der Waals surface area contributed by atoms with Gasteiger partial charge in [0.25, 0.3) is 5.91 Å². The van der Waals surface area contributed by atoms with Crippen LogP contribution in [0.3, 0.4) is 0 Å². The third-order valence-corrected chi connectivity index (χ3v) is 7.32. The highest BCUT2D eigenvalue weighted by Gasteiger charge is 2.26. The van der Waals surface area contributed by atoms with Crippen LogP contribution in [0, 0.1) is 0 Å². The van der Waals surface area contributed by atoms with Crippen LogP contribution in [0.4, 0.5) is 14.5 Å². The number of carbonyl (C=O) groups is 1. The number of sulfone groups is 1. The van der Waals surface area contributed by atoms with E-state index in [1.54, 1.807) is 19.3 Å². The topological polar surface area (TPSA) is 164 Å².